The molecule has 0 bridgehead atoms. The largest absolute Gasteiger partial charge is 0.389 e. The fourth-order valence-electron chi connectivity index (χ4n) is 2.68. The molecular formula is C14H20N2O2S3. The Bertz CT molecular complexity index is 616. The number of thiocarbonyl (C=S) groups is 1. The van der Waals surface area contributed by atoms with Crippen LogP contribution in [0.15, 0.2) is 29.2 Å². The summed E-state index contributed by atoms with van der Waals surface area (Å²) in [4.78, 5) is 0.268. The Morgan fingerprint density at radius 2 is 2.00 bits per heavy atom. The maximum absolute atomic E-state index is 12.7. The third kappa shape index (κ3) is 3.97. The summed E-state index contributed by atoms with van der Waals surface area (Å²) >= 11 is 6.67. The molecule has 0 heterocycles. The number of sulfonamides is 1. The van der Waals surface area contributed by atoms with Crippen LogP contribution >= 0.6 is 24.0 Å². The zero-order valence-corrected chi connectivity index (χ0v) is 14.4. The summed E-state index contributed by atoms with van der Waals surface area (Å²) in [5, 5.41) is 0.325. The molecule has 2 rings (SSSR count). The second-order valence-electron chi connectivity index (χ2n) is 5.15. The number of rotatable bonds is 5. The molecule has 0 radical (unpaired) electrons. The Hall–Kier alpha value is -0.630. The molecule has 1 aromatic rings. The van der Waals surface area contributed by atoms with E-state index in [4.69, 9.17) is 18.0 Å². The molecule has 0 spiro atoms. The van der Waals surface area contributed by atoms with Gasteiger partial charge in [0, 0.05) is 16.9 Å². The van der Waals surface area contributed by atoms with Crippen LogP contribution in [0.1, 0.15) is 31.2 Å². The quantitative estimate of drug-likeness (QED) is 0.802. The van der Waals surface area contributed by atoms with Gasteiger partial charge in [-0.2, -0.15) is 11.8 Å². The van der Waals surface area contributed by atoms with Crippen molar-refractivity contribution in [2.45, 2.75) is 41.9 Å². The fraction of sp³-hybridized carbons (Fsp3) is 0.500. The summed E-state index contributed by atoms with van der Waals surface area (Å²) in [5.41, 5.74) is 6.03. The fourth-order valence-corrected chi connectivity index (χ4v) is 5.48. The van der Waals surface area contributed by atoms with E-state index in [1.165, 1.54) is 0 Å². The first-order valence-electron chi connectivity index (χ1n) is 6.89. The van der Waals surface area contributed by atoms with Gasteiger partial charge < -0.3 is 5.73 Å². The number of thioether (sulfide) groups is 1. The van der Waals surface area contributed by atoms with Crippen molar-refractivity contribution in [2.75, 3.05) is 6.26 Å². The Balaban J connectivity index is 2.28. The van der Waals surface area contributed by atoms with Gasteiger partial charge in [-0.05, 0) is 25.2 Å². The zero-order valence-electron chi connectivity index (χ0n) is 11.9. The van der Waals surface area contributed by atoms with Gasteiger partial charge >= 0.3 is 0 Å². The highest BCUT2D eigenvalue weighted by Crippen LogP contribution is 2.28. The lowest BCUT2D eigenvalue weighted by atomic mass is 9.96. The summed E-state index contributed by atoms with van der Waals surface area (Å²) in [6.45, 7) is 0. The van der Waals surface area contributed by atoms with Crippen molar-refractivity contribution < 1.29 is 8.42 Å². The molecule has 7 heteroatoms. The molecule has 4 nitrogen and oxygen atoms in total. The predicted molar refractivity (Wildman–Crippen MR) is 92.2 cm³/mol. The topological polar surface area (TPSA) is 72.2 Å². The SMILES string of the molecule is CSC1CCCCC1NS(=O)(=O)c1ccccc1C(N)=S. The molecule has 2 atom stereocenters. The highest BCUT2D eigenvalue weighted by atomic mass is 32.2. The maximum Gasteiger partial charge on any atom is 0.241 e. The van der Waals surface area contributed by atoms with E-state index in [0.717, 1.165) is 25.7 Å². The molecule has 0 aliphatic heterocycles. The third-order valence-corrected chi connectivity index (χ3v) is 6.69. The van der Waals surface area contributed by atoms with Gasteiger partial charge in [0.15, 0.2) is 0 Å². The standard InChI is InChI=1S/C14H20N2O2S3/c1-20-12-8-4-3-7-11(12)16-21(17,18)13-9-5-2-6-10(13)14(15)19/h2,5-6,9,11-12,16H,3-4,7-8H2,1H3,(H2,15,19). The van der Waals surface area contributed by atoms with Crippen molar-refractivity contribution in [2.24, 2.45) is 5.73 Å². The highest BCUT2D eigenvalue weighted by molar-refractivity contribution is 7.99. The number of benzene rings is 1. The van der Waals surface area contributed by atoms with E-state index in [0.29, 0.717) is 10.8 Å². The summed E-state index contributed by atoms with van der Waals surface area (Å²) in [6.07, 6.45) is 6.17. The summed E-state index contributed by atoms with van der Waals surface area (Å²) in [6, 6.07) is 6.58. The van der Waals surface area contributed by atoms with Crippen molar-refractivity contribution >= 4 is 39.0 Å². The van der Waals surface area contributed by atoms with Crippen molar-refractivity contribution in [3.63, 3.8) is 0 Å². The lowest BCUT2D eigenvalue weighted by Crippen LogP contribution is -2.44. The van der Waals surface area contributed by atoms with Crippen LogP contribution in [-0.2, 0) is 10.0 Å². The second-order valence-corrected chi connectivity index (χ2v) is 8.35. The van der Waals surface area contributed by atoms with Gasteiger partial charge in [0.25, 0.3) is 0 Å². The Morgan fingerprint density at radius 3 is 2.67 bits per heavy atom. The Kier molecular flexibility index (Phi) is 5.65. The molecule has 1 fully saturated rings. The smallest absolute Gasteiger partial charge is 0.241 e. The lowest BCUT2D eigenvalue weighted by Gasteiger charge is -2.30. The molecule has 1 aromatic carbocycles. The first-order valence-corrected chi connectivity index (χ1v) is 10.1. The molecule has 116 valence electrons. The summed E-state index contributed by atoms with van der Waals surface area (Å²) in [7, 11) is -3.61. The van der Waals surface area contributed by atoms with Crippen molar-refractivity contribution in [3.05, 3.63) is 29.8 Å². The molecule has 21 heavy (non-hydrogen) atoms. The molecule has 0 aromatic heterocycles. The number of hydrogen-bond donors (Lipinski definition) is 2. The molecule has 1 aliphatic carbocycles. The highest BCUT2D eigenvalue weighted by Gasteiger charge is 2.30. The van der Waals surface area contributed by atoms with E-state index < -0.39 is 10.0 Å². The third-order valence-electron chi connectivity index (χ3n) is 3.75. The van der Waals surface area contributed by atoms with Crippen LogP contribution < -0.4 is 10.5 Å². The monoisotopic (exact) mass is 344 g/mol. The predicted octanol–water partition coefficient (Wildman–Crippen LogP) is 2.27. The van der Waals surface area contributed by atoms with Gasteiger partial charge in [-0.25, -0.2) is 13.1 Å². The van der Waals surface area contributed by atoms with Gasteiger partial charge in [-0.15, -0.1) is 0 Å². The van der Waals surface area contributed by atoms with E-state index in [-0.39, 0.29) is 15.9 Å². The second kappa shape index (κ2) is 7.09. The minimum atomic E-state index is -3.61. The van der Waals surface area contributed by atoms with E-state index >= 15 is 0 Å². The molecule has 0 saturated heterocycles. The zero-order chi connectivity index (χ0) is 15.5. The van der Waals surface area contributed by atoms with Crippen LogP contribution in [0.4, 0.5) is 0 Å². The maximum atomic E-state index is 12.7. The van der Waals surface area contributed by atoms with Crippen molar-refractivity contribution in [3.8, 4) is 0 Å². The van der Waals surface area contributed by atoms with Gasteiger partial charge in [-0.3, -0.25) is 0 Å². The van der Waals surface area contributed by atoms with E-state index in [2.05, 4.69) is 4.72 Å². The van der Waals surface area contributed by atoms with Crippen molar-refractivity contribution in [1.82, 2.24) is 4.72 Å². The Labute approximate surface area is 135 Å². The number of nitrogens with one attached hydrogen (secondary N) is 1. The summed E-state index contributed by atoms with van der Waals surface area (Å²) in [5.74, 6) is 0. The lowest BCUT2D eigenvalue weighted by molar-refractivity contribution is 0.423. The molecule has 2 unspecified atom stereocenters. The van der Waals surface area contributed by atoms with E-state index in [9.17, 15) is 8.42 Å². The summed E-state index contributed by atoms with van der Waals surface area (Å²) < 4.78 is 28.1. The normalized spacial score (nSPS) is 22.9. The molecule has 0 amide bonds. The van der Waals surface area contributed by atoms with Crippen LogP contribution in [-0.4, -0.2) is 31.0 Å². The first kappa shape index (κ1) is 16.7. The minimum Gasteiger partial charge on any atom is -0.389 e. The number of hydrogen-bond acceptors (Lipinski definition) is 4. The molecule has 3 N–H and O–H groups in total. The first-order chi connectivity index (χ1) is 9.95. The van der Waals surface area contributed by atoms with Gasteiger partial charge in [0.2, 0.25) is 10.0 Å². The van der Waals surface area contributed by atoms with Crippen LogP contribution in [0.5, 0.6) is 0 Å². The Morgan fingerprint density at radius 1 is 1.33 bits per heavy atom. The van der Waals surface area contributed by atoms with Crippen LogP contribution in [0.25, 0.3) is 0 Å². The van der Waals surface area contributed by atoms with Crippen LogP contribution in [0, 0.1) is 0 Å². The van der Waals surface area contributed by atoms with Gasteiger partial charge in [0.05, 0.1) is 4.90 Å². The minimum absolute atomic E-state index is 0.0295. The van der Waals surface area contributed by atoms with E-state index in [1.54, 1.807) is 36.0 Å². The molecular weight excluding hydrogens is 324 g/mol. The van der Waals surface area contributed by atoms with Crippen molar-refractivity contribution in [1.29, 1.82) is 0 Å². The van der Waals surface area contributed by atoms with Crippen LogP contribution in [0.2, 0.25) is 0 Å². The molecule has 1 aliphatic rings. The number of nitrogens with two attached hydrogens (primary N) is 1. The van der Waals surface area contributed by atoms with E-state index in [1.807, 2.05) is 6.26 Å². The van der Waals surface area contributed by atoms with Gasteiger partial charge in [0.1, 0.15) is 4.99 Å². The molecule has 1 saturated carbocycles. The van der Waals surface area contributed by atoms with Gasteiger partial charge in [-0.1, -0.05) is 43.3 Å². The average Bonchev–Trinajstić information content (AvgIpc) is 2.47. The van der Waals surface area contributed by atoms with Crippen LogP contribution in [0.3, 0.4) is 0 Å². The average molecular weight is 345 g/mol.